The van der Waals surface area contributed by atoms with Crippen LogP contribution in [0.4, 0.5) is 4.39 Å². The van der Waals surface area contributed by atoms with Gasteiger partial charge >= 0.3 is 0 Å². The van der Waals surface area contributed by atoms with Crippen LogP contribution in [-0.2, 0) is 6.54 Å². The number of hydrogen-bond acceptors (Lipinski definition) is 2. The van der Waals surface area contributed by atoms with Gasteiger partial charge < -0.3 is 5.32 Å². The van der Waals surface area contributed by atoms with Crippen LogP contribution in [0.25, 0.3) is 0 Å². The summed E-state index contributed by atoms with van der Waals surface area (Å²) in [6, 6.07) is 5.95. The maximum absolute atomic E-state index is 13.8. The van der Waals surface area contributed by atoms with Crippen LogP contribution in [0.15, 0.2) is 18.2 Å². The summed E-state index contributed by atoms with van der Waals surface area (Å²) in [7, 11) is 0. The molecule has 4 heteroatoms. The molecule has 0 bridgehead atoms. The first-order chi connectivity index (χ1) is 8.70. The second-order valence-corrected chi connectivity index (χ2v) is 5.21. The third kappa shape index (κ3) is 4.44. The predicted molar refractivity (Wildman–Crippen MR) is 80.4 cm³/mol. The summed E-state index contributed by atoms with van der Waals surface area (Å²) >= 11 is 0. The SMILES string of the molecule is CCCN(Cc1cc(C)ccc1F)C1CCNC1.Cl. The fourth-order valence-corrected chi connectivity index (χ4v) is 2.67. The van der Waals surface area contributed by atoms with Crippen LogP contribution in [0.1, 0.15) is 30.9 Å². The minimum atomic E-state index is -0.0762. The van der Waals surface area contributed by atoms with Crippen LogP contribution in [0.3, 0.4) is 0 Å². The molecule has 1 N–H and O–H groups in total. The number of halogens is 2. The quantitative estimate of drug-likeness (QED) is 0.895. The molecule has 0 saturated carbocycles. The maximum atomic E-state index is 13.8. The highest BCUT2D eigenvalue weighted by Gasteiger charge is 2.22. The molecule has 108 valence electrons. The van der Waals surface area contributed by atoms with Crippen LogP contribution in [0.2, 0.25) is 0 Å². The molecule has 2 rings (SSSR count). The molecular weight excluding hydrogens is 263 g/mol. The number of benzene rings is 1. The van der Waals surface area contributed by atoms with E-state index in [1.165, 1.54) is 6.42 Å². The largest absolute Gasteiger partial charge is 0.315 e. The molecule has 1 aromatic carbocycles. The molecule has 0 radical (unpaired) electrons. The summed E-state index contributed by atoms with van der Waals surface area (Å²) in [5, 5.41) is 3.39. The molecule has 1 saturated heterocycles. The summed E-state index contributed by atoms with van der Waals surface area (Å²) in [6.45, 7) is 8.09. The topological polar surface area (TPSA) is 15.3 Å². The van der Waals surface area contributed by atoms with Gasteiger partial charge in [-0.05, 0) is 38.9 Å². The summed E-state index contributed by atoms with van der Waals surface area (Å²) in [6.07, 6.45) is 2.29. The van der Waals surface area contributed by atoms with Gasteiger partial charge in [0.1, 0.15) is 5.82 Å². The Balaban J connectivity index is 0.00000180. The zero-order valence-electron chi connectivity index (χ0n) is 11.8. The normalized spacial score (nSPS) is 18.6. The Bertz CT molecular complexity index is 392. The molecule has 1 aliphatic heterocycles. The predicted octanol–water partition coefficient (Wildman–Crippen LogP) is 3.13. The second-order valence-electron chi connectivity index (χ2n) is 5.21. The Morgan fingerprint density at radius 1 is 1.42 bits per heavy atom. The fraction of sp³-hybridized carbons (Fsp3) is 0.600. The minimum absolute atomic E-state index is 0. The molecule has 0 amide bonds. The molecule has 1 atom stereocenters. The Morgan fingerprint density at radius 3 is 2.84 bits per heavy atom. The maximum Gasteiger partial charge on any atom is 0.127 e. The Labute approximate surface area is 121 Å². The van der Waals surface area contributed by atoms with E-state index in [0.29, 0.717) is 6.04 Å². The molecule has 0 spiro atoms. The van der Waals surface area contributed by atoms with E-state index in [0.717, 1.165) is 43.7 Å². The summed E-state index contributed by atoms with van der Waals surface area (Å²) in [5.74, 6) is -0.0762. The first kappa shape index (κ1) is 16.4. The first-order valence-corrected chi connectivity index (χ1v) is 6.90. The van der Waals surface area contributed by atoms with Crippen molar-refractivity contribution in [2.45, 2.75) is 39.3 Å². The number of aryl methyl sites for hydroxylation is 1. The van der Waals surface area contributed by atoms with Crippen molar-refractivity contribution in [2.24, 2.45) is 0 Å². The van der Waals surface area contributed by atoms with Gasteiger partial charge in [-0.25, -0.2) is 4.39 Å². The van der Waals surface area contributed by atoms with Crippen molar-refractivity contribution < 1.29 is 4.39 Å². The van der Waals surface area contributed by atoms with Crippen molar-refractivity contribution in [2.75, 3.05) is 19.6 Å². The number of hydrogen-bond donors (Lipinski definition) is 1. The van der Waals surface area contributed by atoms with Crippen molar-refractivity contribution in [1.29, 1.82) is 0 Å². The third-order valence-electron chi connectivity index (χ3n) is 3.64. The zero-order valence-corrected chi connectivity index (χ0v) is 12.6. The Hall–Kier alpha value is -0.640. The van der Waals surface area contributed by atoms with Crippen LogP contribution in [0, 0.1) is 12.7 Å². The van der Waals surface area contributed by atoms with Gasteiger partial charge in [-0.3, -0.25) is 4.90 Å². The molecule has 19 heavy (non-hydrogen) atoms. The molecular formula is C15H24ClFN2. The first-order valence-electron chi connectivity index (χ1n) is 6.90. The molecule has 0 aromatic heterocycles. The molecule has 1 aromatic rings. The summed E-state index contributed by atoms with van der Waals surface area (Å²) in [4.78, 5) is 2.41. The molecule has 1 fully saturated rings. The monoisotopic (exact) mass is 286 g/mol. The van der Waals surface area contributed by atoms with Gasteiger partial charge in [-0.15, -0.1) is 12.4 Å². The average molecular weight is 287 g/mol. The lowest BCUT2D eigenvalue weighted by Crippen LogP contribution is -2.37. The van der Waals surface area contributed by atoms with E-state index in [4.69, 9.17) is 0 Å². The highest BCUT2D eigenvalue weighted by atomic mass is 35.5. The highest BCUT2D eigenvalue weighted by Crippen LogP contribution is 2.17. The van der Waals surface area contributed by atoms with E-state index in [-0.39, 0.29) is 18.2 Å². The van der Waals surface area contributed by atoms with Crippen LogP contribution >= 0.6 is 12.4 Å². The van der Waals surface area contributed by atoms with Gasteiger partial charge in [0.05, 0.1) is 0 Å². The van der Waals surface area contributed by atoms with Gasteiger partial charge in [-0.1, -0.05) is 24.6 Å². The van der Waals surface area contributed by atoms with Crippen molar-refractivity contribution in [3.63, 3.8) is 0 Å². The minimum Gasteiger partial charge on any atom is -0.315 e. The molecule has 1 unspecified atom stereocenters. The van der Waals surface area contributed by atoms with Gasteiger partial charge in [0.15, 0.2) is 0 Å². The molecule has 0 aliphatic carbocycles. The Kier molecular flexibility index (Phi) is 6.76. The number of nitrogens with one attached hydrogen (secondary N) is 1. The molecule has 2 nitrogen and oxygen atoms in total. The van der Waals surface area contributed by atoms with Crippen LogP contribution < -0.4 is 5.32 Å². The number of rotatable bonds is 5. The van der Waals surface area contributed by atoms with Crippen molar-refractivity contribution in [1.82, 2.24) is 10.2 Å². The highest BCUT2D eigenvalue weighted by molar-refractivity contribution is 5.85. The van der Waals surface area contributed by atoms with Crippen molar-refractivity contribution in [3.8, 4) is 0 Å². The molecule has 1 aliphatic rings. The lowest BCUT2D eigenvalue weighted by molar-refractivity contribution is 0.197. The van der Waals surface area contributed by atoms with E-state index in [1.807, 2.05) is 19.1 Å². The van der Waals surface area contributed by atoms with Crippen molar-refractivity contribution in [3.05, 3.63) is 35.1 Å². The second kappa shape index (κ2) is 7.83. The van der Waals surface area contributed by atoms with Gasteiger partial charge in [0, 0.05) is 24.7 Å². The lowest BCUT2D eigenvalue weighted by Gasteiger charge is -2.28. The van der Waals surface area contributed by atoms with Gasteiger partial charge in [-0.2, -0.15) is 0 Å². The number of nitrogens with zero attached hydrogens (tertiary/aromatic N) is 1. The zero-order chi connectivity index (χ0) is 13.0. The smallest absolute Gasteiger partial charge is 0.127 e. The summed E-state index contributed by atoms with van der Waals surface area (Å²) < 4.78 is 13.8. The van der Waals surface area contributed by atoms with Crippen LogP contribution in [-0.4, -0.2) is 30.6 Å². The van der Waals surface area contributed by atoms with Crippen molar-refractivity contribution >= 4 is 12.4 Å². The van der Waals surface area contributed by atoms with E-state index >= 15 is 0 Å². The standard InChI is InChI=1S/C15H23FN2.ClH/c1-3-8-18(14-6-7-17-10-14)11-13-9-12(2)4-5-15(13)16;/h4-5,9,14,17H,3,6-8,10-11H2,1-2H3;1H. The Morgan fingerprint density at radius 2 is 2.21 bits per heavy atom. The third-order valence-corrected chi connectivity index (χ3v) is 3.64. The van der Waals surface area contributed by atoms with E-state index < -0.39 is 0 Å². The van der Waals surface area contributed by atoms with E-state index in [2.05, 4.69) is 17.1 Å². The lowest BCUT2D eigenvalue weighted by atomic mass is 10.1. The molecule has 1 heterocycles. The van der Waals surface area contributed by atoms with Gasteiger partial charge in [0.25, 0.3) is 0 Å². The van der Waals surface area contributed by atoms with E-state index in [9.17, 15) is 4.39 Å². The van der Waals surface area contributed by atoms with Gasteiger partial charge in [0.2, 0.25) is 0 Å². The average Bonchev–Trinajstić information content (AvgIpc) is 2.87. The fourth-order valence-electron chi connectivity index (χ4n) is 2.67. The van der Waals surface area contributed by atoms with E-state index in [1.54, 1.807) is 6.07 Å². The summed E-state index contributed by atoms with van der Waals surface area (Å²) in [5.41, 5.74) is 1.96. The van der Waals surface area contributed by atoms with Crippen LogP contribution in [0.5, 0.6) is 0 Å².